The summed E-state index contributed by atoms with van der Waals surface area (Å²) in [5.41, 5.74) is 0.639. The highest BCUT2D eigenvalue weighted by Gasteiger charge is 2.39. The summed E-state index contributed by atoms with van der Waals surface area (Å²) < 4.78 is 17.1. The highest BCUT2D eigenvalue weighted by Crippen LogP contribution is 2.33. The number of likely N-dealkylation sites (tertiary alicyclic amines) is 1. The Morgan fingerprint density at radius 1 is 1.15 bits per heavy atom. The number of benzene rings is 2. The van der Waals surface area contributed by atoms with E-state index in [-0.39, 0.29) is 34.9 Å². The molecular weight excluding hydrogens is 533 g/mol. The van der Waals surface area contributed by atoms with Crippen molar-refractivity contribution in [1.82, 2.24) is 24.3 Å². The molecule has 0 bridgehead atoms. The number of rotatable bonds is 5. The summed E-state index contributed by atoms with van der Waals surface area (Å²) in [6.07, 6.45) is 4.60. The number of halogens is 2. The van der Waals surface area contributed by atoms with E-state index in [9.17, 15) is 19.1 Å². The van der Waals surface area contributed by atoms with E-state index in [2.05, 4.69) is 22.4 Å². The second kappa shape index (κ2) is 10.8. The monoisotopic (exact) mass is 563 g/mol. The summed E-state index contributed by atoms with van der Waals surface area (Å²) in [4.78, 5) is 33.2. The van der Waals surface area contributed by atoms with Crippen LogP contribution in [-0.2, 0) is 11.3 Å². The topological polar surface area (TPSA) is 92.4 Å². The Morgan fingerprint density at radius 2 is 1.93 bits per heavy atom. The van der Waals surface area contributed by atoms with Crippen molar-refractivity contribution in [2.45, 2.75) is 37.3 Å². The summed E-state index contributed by atoms with van der Waals surface area (Å²) in [5.74, 6) is -0.395. The van der Waals surface area contributed by atoms with Gasteiger partial charge in [0.05, 0.1) is 28.2 Å². The molecule has 4 heterocycles. The van der Waals surface area contributed by atoms with Crippen molar-refractivity contribution in [3.05, 3.63) is 93.9 Å². The summed E-state index contributed by atoms with van der Waals surface area (Å²) >= 11 is 5.81. The van der Waals surface area contributed by atoms with Gasteiger partial charge in [-0.1, -0.05) is 41.9 Å². The van der Waals surface area contributed by atoms with Gasteiger partial charge in [0, 0.05) is 37.7 Å². The summed E-state index contributed by atoms with van der Waals surface area (Å²) in [6.45, 7) is 2.53. The van der Waals surface area contributed by atoms with Crippen molar-refractivity contribution in [2.75, 3.05) is 26.2 Å². The Kier molecular flexibility index (Phi) is 7.20. The number of nitrogens with zero attached hydrogens (tertiary/aromatic N) is 4. The Bertz CT molecular complexity index is 1600. The number of hydrogen-bond donors (Lipinski definition) is 2. The molecule has 0 unspecified atom stereocenters. The van der Waals surface area contributed by atoms with Gasteiger partial charge in [-0.15, -0.1) is 0 Å². The lowest BCUT2D eigenvalue weighted by Crippen LogP contribution is -2.52. The van der Waals surface area contributed by atoms with Gasteiger partial charge in [-0.25, -0.2) is 9.37 Å². The van der Waals surface area contributed by atoms with E-state index >= 15 is 0 Å². The first-order chi connectivity index (χ1) is 19.3. The zero-order chi connectivity index (χ0) is 27.9. The maximum absolute atomic E-state index is 14.0. The van der Waals surface area contributed by atoms with Crippen LogP contribution in [0.25, 0.3) is 16.7 Å². The molecule has 4 aromatic rings. The molecule has 208 valence electrons. The van der Waals surface area contributed by atoms with Crippen LogP contribution in [0, 0.1) is 11.7 Å². The molecule has 40 heavy (non-hydrogen) atoms. The number of aliphatic hydroxyl groups is 1. The average Bonchev–Trinajstić information content (AvgIpc) is 3.41. The van der Waals surface area contributed by atoms with Crippen molar-refractivity contribution in [1.29, 1.82) is 0 Å². The molecule has 0 radical (unpaired) electrons. The lowest BCUT2D eigenvalue weighted by atomic mass is 9.80. The van der Waals surface area contributed by atoms with Crippen molar-refractivity contribution in [2.24, 2.45) is 5.92 Å². The van der Waals surface area contributed by atoms with Gasteiger partial charge in [-0.05, 0) is 55.6 Å². The molecule has 2 aromatic heterocycles. The third kappa shape index (κ3) is 5.05. The molecule has 1 amide bonds. The van der Waals surface area contributed by atoms with E-state index < -0.39 is 11.4 Å². The average molecular weight is 564 g/mol. The van der Waals surface area contributed by atoms with Crippen LogP contribution in [0.15, 0.2) is 71.9 Å². The number of fused-ring (bicyclic) bond motifs is 1. The van der Waals surface area contributed by atoms with E-state index in [1.54, 1.807) is 22.9 Å². The Labute approximate surface area is 236 Å². The predicted octanol–water partition coefficient (Wildman–Crippen LogP) is 3.73. The maximum atomic E-state index is 14.0. The third-order valence-corrected chi connectivity index (χ3v) is 8.66. The SMILES string of the molecule is O=C([C@@H]1CCNC[C@H]1c1ccccc1)N1CCC(O)(Cn2cnc3c(ccn3-c3ccc(Cl)c(F)c3)c2=O)CC1. The lowest BCUT2D eigenvalue weighted by molar-refractivity contribution is -0.141. The first-order valence-electron chi connectivity index (χ1n) is 13.6. The fourth-order valence-electron chi connectivity index (χ4n) is 6.07. The number of amides is 1. The second-order valence-corrected chi connectivity index (χ2v) is 11.3. The molecule has 8 nitrogen and oxygen atoms in total. The highest BCUT2D eigenvalue weighted by atomic mass is 35.5. The zero-order valence-corrected chi connectivity index (χ0v) is 22.7. The van der Waals surface area contributed by atoms with Crippen LogP contribution in [0.4, 0.5) is 4.39 Å². The molecule has 10 heteroatoms. The van der Waals surface area contributed by atoms with Crippen LogP contribution in [0.3, 0.4) is 0 Å². The fourth-order valence-corrected chi connectivity index (χ4v) is 6.19. The van der Waals surface area contributed by atoms with Crippen molar-refractivity contribution in [3.8, 4) is 5.69 Å². The minimum atomic E-state index is -1.13. The number of carbonyl (C=O) groups excluding carboxylic acids is 1. The van der Waals surface area contributed by atoms with Crippen LogP contribution < -0.4 is 10.9 Å². The number of piperidine rings is 2. The minimum absolute atomic E-state index is 0.0169. The Balaban J connectivity index is 1.15. The van der Waals surface area contributed by atoms with E-state index in [1.807, 2.05) is 23.1 Å². The fraction of sp³-hybridized carbons (Fsp3) is 0.367. The molecular formula is C30H31ClFN5O3. The Morgan fingerprint density at radius 3 is 2.67 bits per heavy atom. The number of carbonyl (C=O) groups is 1. The predicted molar refractivity (Wildman–Crippen MR) is 151 cm³/mol. The van der Waals surface area contributed by atoms with Crippen molar-refractivity contribution >= 4 is 28.5 Å². The highest BCUT2D eigenvalue weighted by molar-refractivity contribution is 6.30. The maximum Gasteiger partial charge on any atom is 0.262 e. The van der Waals surface area contributed by atoms with Crippen molar-refractivity contribution < 1.29 is 14.3 Å². The number of nitrogens with one attached hydrogen (secondary N) is 1. The summed E-state index contributed by atoms with van der Waals surface area (Å²) in [7, 11) is 0. The van der Waals surface area contributed by atoms with Crippen LogP contribution in [0.2, 0.25) is 5.02 Å². The molecule has 0 saturated carbocycles. The van der Waals surface area contributed by atoms with Gasteiger partial charge in [-0.2, -0.15) is 0 Å². The molecule has 2 atom stereocenters. The molecule has 0 aliphatic carbocycles. The first-order valence-corrected chi connectivity index (χ1v) is 14.0. The third-order valence-electron chi connectivity index (χ3n) is 8.35. The molecule has 2 aliphatic heterocycles. The quantitative estimate of drug-likeness (QED) is 0.386. The largest absolute Gasteiger partial charge is 0.388 e. The van der Waals surface area contributed by atoms with E-state index in [0.717, 1.165) is 19.5 Å². The van der Waals surface area contributed by atoms with Gasteiger partial charge >= 0.3 is 0 Å². The zero-order valence-electron chi connectivity index (χ0n) is 22.0. The minimum Gasteiger partial charge on any atom is -0.388 e. The molecule has 2 aliphatic rings. The molecule has 2 aromatic carbocycles. The van der Waals surface area contributed by atoms with Gasteiger partial charge in [0.1, 0.15) is 12.1 Å². The number of aromatic nitrogens is 3. The molecule has 2 N–H and O–H groups in total. The molecule has 0 spiro atoms. The van der Waals surface area contributed by atoms with Gasteiger partial charge in [-0.3, -0.25) is 14.2 Å². The van der Waals surface area contributed by atoms with Crippen molar-refractivity contribution in [3.63, 3.8) is 0 Å². The number of hydrogen-bond acceptors (Lipinski definition) is 5. The van der Waals surface area contributed by atoms with Gasteiger partial charge in [0.15, 0.2) is 5.65 Å². The van der Waals surface area contributed by atoms with Gasteiger partial charge < -0.3 is 19.9 Å². The van der Waals surface area contributed by atoms with Gasteiger partial charge in [0.25, 0.3) is 5.56 Å². The summed E-state index contributed by atoms with van der Waals surface area (Å²) in [5, 5.41) is 15.2. The molecule has 2 fully saturated rings. The summed E-state index contributed by atoms with van der Waals surface area (Å²) in [6, 6.07) is 16.2. The molecule has 6 rings (SSSR count). The smallest absolute Gasteiger partial charge is 0.262 e. The standard InChI is InChI=1S/C30H31ClFN5O3/c31-25-7-6-21(16-26(25)32)37-13-9-23-27(37)34-19-36(29(23)39)18-30(40)10-14-35(15-11-30)28(38)22-8-12-33-17-24(22)20-4-2-1-3-5-20/h1-7,9,13,16,19,22,24,33,40H,8,10-12,14-15,17-18H2/t22-,24+/m1/s1. The van der Waals surface area contributed by atoms with Crippen LogP contribution >= 0.6 is 11.6 Å². The molecule has 2 saturated heterocycles. The Hall–Kier alpha value is -3.53. The van der Waals surface area contributed by atoms with Crippen LogP contribution in [0.1, 0.15) is 30.7 Å². The lowest BCUT2D eigenvalue weighted by Gasteiger charge is -2.41. The van der Waals surface area contributed by atoms with Crippen LogP contribution in [0.5, 0.6) is 0 Å². The second-order valence-electron chi connectivity index (χ2n) is 10.9. The van der Waals surface area contributed by atoms with E-state index in [1.165, 1.54) is 28.6 Å². The van der Waals surface area contributed by atoms with E-state index in [0.29, 0.717) is 42.7 Å². The normalized spacial score (nSPS) is 21.0. The van der Waals surface area contributed by atoms with Gasteiger partial charge in [0.2, 0.25) is 5.91 Å². The van der Waals surface area contributed by atoms with E-state index in [4.69, 9.17) is 11.6 Å². The first kappa shape index (κ1) is 26.7. The van der Waals surface area contributed by atoms with Crippen LogP contribution in [-0.4, -0.2) is 61.8 Å².